The fourth-order valence-electron chi connectivity index (χ4n) is 5.28. The number of carboxylic acid groups (broad SMARTS) is 1. The van der Waals surface area contributed by atoms with Gasteiger partial charge in [-0.25, -0.2) is 0 Å². The molecular formula is C18H30N2O4. The minimum atomic E-state index is -0.887. The van der Waals surface area contributed by atoms with Gasteiger partial charge in [0, 0.05) is 36.5 Å². The lowest BCUT2D eigenvalue weighted by atomic mass is 9.74. The molecule has 24 heavy (non-hydrogen) atoms. The average Bonchev–Trinajstić information content (AvgIpc) is 2.91. The van der Waals surface area contributed by atoms with E-state index < -0.39 is 11.4 Å². The lowest BCUT2D eigenvalue weighted by Gasteiger charge is -2.46. The monoisotopic (exact) mass is 338 g/mol. The van der Waals surface area contributed by atoms with Gasteiger partial charge in [0.05, 0.1) is 13.2 Å². The molecule has 0 radical (unpaired) electrons. The van der Waals surface area contributed by atoms with Gasteiger partial charge in [0.1, 0.15) is 5.41 Å². The largest absolute Gasteiger partial charge is 0.481 e. The van der Waals surface area contributed by atoms with Crippen molar-refractivity contribution in [2.45, 2.75) is 58.0 Å². The third kappa shape index (κ3) is 3.18. The van der Waals surface area contributed by atoms with Crippen LogP contribution in [0.1, 0.15) is 47.0 Å². The Bertz CT molecular complexity index is 529. The van der Waals surface area contributed by atoms with Crippen molar-refractivity contribution >= 4 is 11.9 Å². The third-order valence-corrected chi connectivity index (χ3v) is 5.89. The number of amides is 1. The van der Waals surface area contributed by atoms with E-state index in [1.165, 1.54) is 0 Å². The number of carbonyl (C=O) groups is 2. The molecule has 0 spiro atoms. The Balaban J connectivity index is 1.65. The van der Waals surface area contributed by atoms with Gasteiger partial charge in [0.2, 0.25) is 5.91 Å². The number of aliphatic carboxylic acids is 1. The molecule has 6 nitrogen and oxygen atoms in total. The van der Waals surface area contributed by atoms with Crippen LogP contribution >= 0.6 is 0 Å². The third-order valence-electron chi connectivity index (χ3n) is 5.89. The minimum Gasteiger partial charge on any atom is -0.481 e. The van der Waals surface area contributed by atoms with Gasteiger partial charge < -0.3 is 20.1 Å². The molecule has 0 saturated carbocycles. The molecule has 0 bridgehead atoms. The van der Waals surface area contributed by atoms with Crippen LogP contribution < -0.4 is 5.32 Å². The quantitative estimate of drug-likeness (QED) is 0.815. The zero-order valence-corrected chi connectivity index (χ0v) is 15.2. The van der Waals surface area contributed by atoms with Crippen LogP contribution in [0.25, 0.3) is 0 Å². The van der Waals surface area contributed by atoms with Gasteiger partial charge in [-0.3, -0.25) is 9.59 Å². The van der Waals surface area contributed by atoms with Crippen LogP contribution in [-0.4, -0.2) is 59.3 Å². The summed E-state index contributed by atoms with van der Waals surface area (Å²) in [5.74, 6) is -0.464. The van der Waals surface area contributed by atoms with Gasteiger partial charge in [-0.1, -0.05) is 0 Å². The van der Waals surface area contributed by atoms with Gasteiger partial charge in [-0.15, -0.1) is 0 Å². The van der Waals surface area contributed by atoms with E-state index in [1.54, 1.807) is 4.90 Å². The molecule has 3 rings (SSSR count). The number of carbonyl (C=O) groups excluding carboxylic acids is 1. The van der Waals surface area contributed by atoms with E-state index in [0.29, 0.717) is 32.0 Å². The molecule has 0 unspecified atom stereocenters. The Kier molecular flexibility index (Phi) is 4.20. The first kappa shape index (κ1) is 17.7. The molecule has 0 aromatic rings. The van der Waals surface area contributed by atoms with E-state index in [1.807, 2.05) is 0 Å². The predicted molar refractivity (Wildman–Crippen MR) is 89.6 cm³/mol. The Labute approximate surface area is 143 Å². The number of ether oxygens (including phenoxy) is 1. The summed E-state index contributed by atoms with van der Waals surface area (Å²) < 4.78 is 5.38. The van der Waals surface area contributed by atoms with Crippen molar-refractivity contribution in [3.63, 3.8) is 0 Å². The van der Waals surface area contributed by atoms with Crippen LogP contribution in [-0.2, 0) is 14.3 Å². The maximum Gasteiger partial charge on any atom is 0.314 e. The Morgan fingerprint density at radius 2 is 1.83 bits per heavy atom. The maximum absolute atomic E-state index is 12.8. The summed E-state index contributed by atoms with van der Waals surface area (Å²) in [6.45, 7) is 10.2. The molecule has 0 aliphatic carbocycles. The predicted octanol–water partition coefficient (Wildman–Crippen LogP) is 1.49. The number of carboxylic acids is 1. The van der Waals surface area contributed by atoms with Crippen LogP contribution in [0.15, 0.2) is 0 Å². The van der Waals surface area contributed by atoms with Crippen molar-refractivity contribution < 1.29 is 19.4 Å². The van der Waals surface area contributed by atoms with E-state index in [0.717, 1.165) is 12.8 Å². The standard InChI is InChI=1S/C18H30N2O4/c1-16(2)6-12(7-17(3,4)19-16)5-14(21)20-8-13-9-24-11-18(13,10-20)15(22)23/h12-13,19H,5-11H2,1-4H3,(H,22,23)/t13-,18-/m1/s1. The summed E-state index contributed by atoms with van der Waals surface area (Å²) in [5.41, 5.74) is -0.850. The first-order valence-corrected chi connectivity index (χ1v) is 8.91. The second kappa shape index (κ2) is 5.70. The van der Waals surface area contributed by atoms with Crippen molar-refractivity contribution in [1.82, 2.24) is 10.2 Å². The van der Waals surface area contributed by atoms with Crippen molar-refractivity contribution in [3.05, 3.63) is 0 Å². The number of hydrogen-bond acceptors (Lipinski definition) is 4. The molecule has 136 valence electrons. The number of nitrogens with zero attached hydrogens (tertiary/aromatic N) is 1. The molecule has 3 aliphatic heterocycles. The molecule has 1 amide bonds. The van der Waals surface area contributed by atoms with Crippen LogP contribution in [0.2, 0.25) is 0 Å². The fraction of sp³-hybridized carbons (Fsp3) is 0.889. The molecule has 6 heteroatoms. The number of piperidine rings is 1. The average molecular weight is 338 g/mol. The minimum absolute atomic E-state index is 0.0182. The van der Waals surface area contributed by atoms with Gasteiger partial charge in [0.25, 0.3) is 0 Å². The molecule has 2 N–H and O–H groups in total. The Morgan fingerprint density at radius 3 is 2.38 bits per heavy atom. The Hall–Kier alpha value is -1.14. The van der Waals surface area contributed by atoms with E-state index in [9.17, 15) is 14.7 Å². The molecular weight excluding hydrogens is 308 g/mol. The summed E-state index contributed by atoms with van der Waals surface area (Å²) in [6.07, 6.45) is 2.44. The van der Waals surface area contributed by atoms with Crippen LogP contribution in [0.4, 0.5) is 0 Å². The van der Waals surface area contributed by atoms with E-state index in [2.05, 4.69) is 33.0 Å². The molecule has 2 atom stereocenters. The topological polar surface area (TPSA) is 78.9 Å². The van der Waals surface area contributed by atoms with Gasteiger partial charge >= 0.3 is 5.97 Å². The number of likely N-dealkylation sites (tertiary alicyclic amines) is 1. The lowest BCUT2D eigenvalue weighted by molar-refractivity contribution is -0.149. The van der Waals surface area contributed by atoms with E-state index >= 15 is 0 Å². The lowest BCUT2D eigenvalue weighted by Crippen LogP contribution is -2.58. The molecule has 3 aliphatic rings. The first-order valence-electron chi connectivity index (χ1n) is 8.91. The second-order valence-corrected chi connectivity index (χ2v) is 9.32. The zero-order chi connectivity index (χ0) is 17.8. The van der Waals surface area contributed by atoms with Crippen molar-refractivity contribution in [2.24, 2.45) is 17.3 Å². The summed E-state index contributed by atoms with van der Waals surface area (Å²) >= 11 is 0. The van der Waals surface area contributed by atoms with E-state index in [4.69, 9.17) is 4.74 Å². The van der Waals surface area contributed by atoms with Gasteiger partial charge in [-0.2, -0.15) is 0 Å². The van der Waals surface area contributed by atoms with Crippen LogP contribution in [0, 0.1) is 17.3 Å². The summed E-state index contributed by atoms with van der Waals surface area (Å²) in [6, 6.07) is 0. The smallest absolute Gasteiger partial charge is 0.314 e. The van der Waals surface area contributed by atoms with Crippen molar-refractivity contribution in [1.29, 1.82) is 0 Å². The maximum atomic E-state index is 12.8. The first-order chi connectivity index (χ1) is 11.0. The number of fused-ring (bicyclic) bond motifs is 1. The SMILES string of the molecule is CC1(C)CC(CC(=O)N2C[C@@H]3COC[C@]3(C(=O)O)C2)CC(C)(C)N1. The van der Waals surface area contributed by atoms with Crippen molar-refractivity contribution in [3.8, 4) is 0 Å². The molecule has 0 aromatic heterocycles. The molecule has 3 fully saturated rings. The highest BCUT2D eigenvalue weighted by molar-refractivity contribution is 5.81. The summed E-state index contributed by atoms with van der Waals surface area (Å²) in [5, 5.41) is 13.2. The molecule has 3 heterocycles. The number of rotatable bonds is 3. The highest BCUT2D eigenvalue weighted by Crippen LogP contribution is 2.42. The highest BCUT2D eigenvalue weighted by atomic mass is 16.5. The van der Waals surface area contributed by atoms with Crippen molar-refractivity contribution in [2.75, 3.05) is 26.3 Å². The highest BCUT2D eigenvalue weighted by Gasteiger charge is 2.57. The number of nitrogens with one attached hydrogen (secondary N) is 1. The van der Waals surface area contributed by atoms with E-state index in [-0.39, 0.29) is 29.5 Å². The Morgan fingerprint density at radius 1 is 1.21 bits per heavy atom. The van der Waals surface area contributed by atoms with Gasteiger partial charge in [0.15, 0.2) is 0 Å². The van der Waals surface area contributed by atoms with Crippen LogP contribution in [0.3, 0.4) is 0 Å². The number of hydrogen-bond donors (Lipinski definition) is 2. The fourth-order valence-corrected chi connectivity index (χ4v) is 5.28. The zero-order valence-electron chi connectivity index (χ0n) is 15.2. The second-order valence-electron chi connectivity index (χ2n) is 9.32. The summed E-state index contributed by atoms with van der Waals surface area (Å²) in [4.78, 5) is 26.3. The normalized spacial score (nSPS) is 35.0. The van der Waals surface area contributed by atoms with Crippen LogP contribution in [0.5, 0.6) is 0 Å². The van der Waals surface area contributed by atoms with Gasteiger partial charge in [-0.05, 0) is 46.5 Å². The summed E-state index contributed by atoms with van der Waals surface area (Å²) in [7, 11) is 0. The molecule has 0 aromatic carbocycles. The molecule has 3 saturated heterocycles.